The normalized spacial score (nSPS) is 29.4. The fraction of sp³-hybridized carbons (Fsp3) is 0.941. The summed E-state index contributed by atoms with van der Waals surface area (Å²) in [5.41, 5.74) is 0. The van der Waals surface area contributed by atoms with Gasteiger partial charge in [0.25, 0.3) is 0 Å². The van der Waals surface area contributed by atoms with Crippen LogP contribution in [0, 0.1) is 11.8 Å². The minimum absolute atomic E-state index is 0.0630. The first-order valence-corrected chi connectivity index (χ1v) is 8.49. The third kappa shape index (κ3) is 4.81. The van der Waals surface area contributed by atoms with Crippen LogP contribution in [0.3, 0.4) is 0 Å². The second-order valence-corrected chi connectivity index (χ2v) is 6.57. The van der Waals surface area contributed by atoms with Gasteiger partial charge in [-0.15, -0.1) is 0 Å². The fourth-order valence-electron chi connectivity index (χ4n) is 3.83. The van der Waals surface area contributed by atoms with Crippen LogP contribution in [0.4, 0.5) is 0 Å². The summed E-state index contributed by atoms with van der Waals surface area (Å²) in [4.78, 5) is 11.9. The summed E-state index contributed by atoms with van der Waals surface area (Å²) in [6, 6.07) is 0. The van der Waals surface area contributed by atoms with E-state index in [1.807, 2.05) is 0 Å². The molecule has 19 heavy (non-hydrogen) atoms. The molecule has 3 unspecified atom stereocenters. The molecule has 0 radical (unpaired) electrons. The van der Waals surface area contributed by atoms with Crippen LogP contribution in [-0.2, 0) is 9.53 Å². The van der Waals surface area contributed by atoms with Gasteiger partial charge < -0.3 is 4.74 Å². The average molecular weight is 266 g/mol. The van der Waals surface area contributed by atoms with Gasteiger partial charge in [0.05, 0.1) is 0 Å². The number of hydrogen-bond acceptors (Lipinski definition) is 2. The lowest BCUT2D eigenvalue weighted by atomic mass is 9.89. The quantitative estimate of drug-likeness (QED) is 0.463. The maximum atomic E-state index is 11.9. The largest absolute Gasteiger partial charge is 0.462 e. The van der Waals surface area contributed by atoms with E-state index < -0.39 is 0 Å². The van der Waals surface area contributed by atoms with Crippen molar-refractivity contribution >= 4 is 5.97 Å². The second-order valence-electron chi connectivity index (χ2n) is 6.57. The Morgan fingerprint density at radius 1 is 1.05 bits per heavy atom. The molecule has 2 aliphatic carbocycles. The third-order valence-electron chi connectivity index (χ3n) is 4.93. The van der Waals surface area contributed by atoms with Gasteiger partial charge in [0.15, 0.2) is 0 Å². The highest BCUT2D eigenvalue weighted by molar-refractivity contribution is 5.69. The molecule has 2 bridgehead atoms. The van der Waals surface area contributed by atoms with Crippen LogP contribution >= 0.6 is 0 Å². The van der Waals surface area contributed by atoms with Crippen LogP contribution in [0.25, 0.3) is 0 Å². The zero-order valence-corrected chi connectivity index (χ0v) is 12.5. The number of unbranched alkanes of at least 4 members (excludes halogenated alkanes) is 5. The van der Waals surface area contributed by atoms with E-state index >= 15 is 0 Å². The molecular formula is C17H30O2. The lowest BCUT2D eigenvalue weighted by molar-refractivity contribution is -0.151. The Morgan fingerprint density at radius 3 is 2.63 bits per heavy atom. The molecule has 0 amide bonds. The minimum Gasteiger partial charge on any atom is -0.462 e. The molecule has 2 fully saturated rings. The van der Waals surface area contributed by atoms with E-state index in [4.69, 9.17) is 4.74 Å². The lowest BCUT2D eigenvalue weighted by Crippen LogP contribution is -2.21. The van der Waals surface area contributed by atoms with Gasteiger partial charge >= 0.3 is 5.97 Å². The summed E-state index contributed by atoms with van der Waals surface area (Å²) < 4.78 is 5.71. The Hall–Kier alpha value is -0.530. The molecule has 0 aromatic heterocycles. The first kappa shape index (κ1) is 14.9. The molecule has 0 saturated heterocycles. The van der Waals surface area contributed by atoms with Gasteiger partial charge in [-0.2, -0.15) is 0 Å². The molecule has 0 aromatic rings. The zero-order valence-electron chi connectivity index (χ0n) is 12.5. The monoisotopic (exact) mass is 266 g/mol. The predicted molar refractivity (Wildman–Crippen MR) is 77.9 cm³/mol. The SMILES string of the molecule is CCCCCCCCC(=O)OC1CC2CCCC1C2. The van der Waals surface area contributed by atoms with Crippen LogP contribution < -0.4 is 0 Å². The molecule has 2 rings (SSSR count). The number of carbonyl (C=O) groups is 1. The number of hydrogen-bond donors (Lipinski definition) is 0. The van der Waals surface area contributed by atoms with Gasteiger partial charge in [0.2, 0.25) is 0 Å². The predicted octanol–water partition coefficient (Wildman–Crippen LogP) is 4.86. The van der Waals surface area contributed by atoms with Crippen molar-refractivity contribution in [3.05, 3.63) is 0 Å². The maximum Gasteiger partial charge on any atom is 0.306 e. The molecule has 3 atom stereocenters. The molecule has 2 heteroatoms. The number of ether oxygens (including phenoxy) is 1. The summed E-state index contributed by atoms with van der Waals surface area (Å²) in [7, 11) is 0. The number of rotatable bonds is 8. The summed E-state index contributed by atoms with van der Waals surface area (Å²) in [6.45, 7) is 2.23. The van der Waals surface area contributed by atoms with Gasteiger partial charge in [-0.1, -0.05) is 51.9 Å². The van der Waals surface area contributed by atoms with E-state index in [0.717, 1.165) is 18.8 Å². The van der Waals surface area contributed by atoms with Crippen LogP contribution in [-0.4, -0.2) is 12.1 Å². The molecule has 2 saturated carbocycles. The smallest absolute Gasteiger partial charge is 0.306 e. The van der Waals surface area contributed by atoms with Crippen molar-refractivity contribution in [1.82, 2.24) is 0 Å². The summed E-state index contributed by atoms with van der Waals surface area (Å²) in [6.07, 6.45) is 14.8. The Morgan fingerprint density at radius 2 is 1.84 bits per heavy atom. The van der Waals surface area contributed by atoms with Gasteiger partial charge in [0, 0.05) is 6.42 Å². The van der Waals surface area contributed by atoms with Crippen molar-refractivity contribution in [2.45, 2.75) is 90.1 Å². The van der Waals surface area contributed by atoms with Crippen molar-refractivity contribution in [2.75, 3.05) is 0 Å². The van der Waals surface area contributed by atoms with Gasteiger partial charge in [-0.25, -0.2) is 0 Å². The third-order valence-corrected chi connectivity index (χ3v) is 4.93. The standard InChI is InChI=1S/C17H30O2/c1-2-3-4-5-6-7-11-17(18)19-16-13-14-9-8-10-15(16)12-14/h14-16H,2-13H2,1H3. The van der Waals surface area contributed by atoms with E-state index in [1.54, 1.807) is 0 Å². The maximum absolute atomic E-state index is 11.9. The summed E-state index contributed by atoms with van der Waals surface area (Å²) in [5, 5.41) is 0. The molecule has 0 spiro atoms. The molecular weight excluding hydrogens is 236 g/mol. The van der Waals surface area contributed by atoms with E-state index in [-0.39, 0.29) is 12.1 Å². The zero-order chi connectivity index (χ0) is 13.5. The lowest BCUT2D eigenvalue weighted by Gasteiger charge is -2.21. The van der Waals surface area contributed by atoms with E-state index in [2.05, 4.69) is 6.92 Å². The van der Waals surface area contributed by atoms with Gasteiger partial charge in [0.1, 0.15) is 6.10 Å². The summed E-state index contributed by atoms with van der Waals surface area (Å²) in [5.74, 6) is 1.60. The molecule has 0 N–H and O–H groups in total. The molecule has 0 aromatic carbocycles. The Labute approximate surface area is 118 Å². The molecule has 2 nitrogen and oxygen atoms in total. The van der Waals surface area contributed by atoms with E-state index in [9.17, 15) is 4.79 Å². The van der Waals surface area contributed by atoms with Crippen molar-refractivity contribution in [1.29, 1.82) is 0 Å². The fourth-order valence-corrected chi connectivity index (χ4v) is 3.83. The Balaban J connectivity index is 1.54. The van der Waals surface area contributed by atoms with Gasteiger partial charge in [-0.05, 0) is 37.5 Å². The van der Waals surface area contributed by atoms with Crippen molar-refractivity contribution < 1.29 is 9.53 Å². The molecule has 0 heterocycles. The second kappa shape index (κ2) is 7.91. The number of fused-ring (bicyclic) bond motifs is 2. The van der Waals surface area contributed by atoms with Crippen molar-refractivity contribution in [3.8, 4) is 0 Å². The first-order valence-electron chi connectivity index (χ1n) is 8.49. The molecule has 110 valence electrons. The van der Waals surface area contributed by atoms with E-state index in [0.29, 0.717) is 12.3 Å². The highest BCUT2D eigenvalue weighted by atomic mass is 16.5. The van der Waals surface area contributed by atoms with E-state index in [1.165, 1.54) is 57.8 Å². The molecule has 0 aliphatic heterocycles. The minimum atomic E-state index is 0.0630. The van der Waals surface area contributed by atoms with Crippen LogP contribution in [0.15, 0.2) is 0 Å². The van der Waals surface area contributed by atoms with Gasteiger partial charge in [-0.3, -0.25) is 4.79 Å². The first-order chi connectivity index (χ1) is 9.29. The number of esters is 1. The van der Waals surface area contributed by atoms with Crippen molar-refractivity contribution in [3.63, 3.8) is 0 Å². The van der Waals surface area contributed by atoms with Crippen LogP contribution in [0.2, 0.25) is 0 Å². The topological polar surface area (TPSA) is 26.3 Å². The van der Waals surface area contributed by atoms with Crippen molar-refractivity contribution in [2.24, 2.45) is 11.8 Å². The Kier molecular flexibility index (Phi) is 6.19. The number of carbonyl (C=O) groups excluding carboxylic acids is 1. The Bertz CT molecular complexity index is 274. The average Bonchev–Trinajstić information content (AvgIpc) is 2.68. The van der Waals surface area contributed by atoms with Crippen LogP contribution in [0.1, 0.15) is 84.0 Å². The highest BCUT2D eigenvalue weighted by Gasteiger charge is 2.38. The highest BCUT2D eigenvalue weighted by Crippen LogP contribution is 2.43. The van der Waals surface area contributed by atoms with Crippen LogP contribution in [0.5, 0.6) is 0 Å². The summed E-state index contributed by atoms with van der Waals surface area (Å²) >= 11 is 0. The molecule has 2 aliphatic rings.